The van der Waals surface area contributed by atoms with Gasteiger partial charge < -0.3 is 4.90 Å². The van der Waals surface area contributed by atoms with E-state index < -0.39 is 0 Å². The second-order valence-corrected chi connectivity index (χ2v) is 5.34. The molecule has 2 nitrogen and oxygen atoms in total. The number of hydrogen-bond donors (Lipinski definition) is 0. The molecule has 3 rings (SSSR count). The summed E-state index contributed by atoms with van der Waals surface area (Å²) in [6.45, 7) is 0.959. The number of nitrogens with zero attached hydrogens (tertiary/aromatic N) is 2. The van der Waals surface area contributed by atoms with E-state index in [1.165, 1.54) is 25.7 Å². The first kappa shape index (κ1) is 11.3. The second kappa shape index (κ2) is 4.45. The van der Waals surface area contributed by atoms with Gasteiger partial charge in [0.15, 0.2) is 11.6 Å². The summed E-state index contributed by atoms with van der Waals surface area (Å²) < 4.78 is 14.2. The van der Waals surface area contributed by atoms with Gasteiger partial charge in [-0.3, -0.25) is 0 Å². The lowest BCUT2D eigenvalue weighted by atomic mass is 10.2. The van der Waals surface area contributed by atoms with Crippen LogP contribution in [0.2, 0.25) is 0 Å². The van der Waals surface area contributed by atoms with Gasteiger partial charge >= 0.3 is 0 Å². The van der Waals surface area contributed by atoms with Crippen LogP contribution < -0.4 is 4.90 Å². The Morgan fingerprint density at radius 3 is 2.71 bits per heavy atom. The van der Waals surface area contributed by atoms with Crippen molar-refractivity contribution in [3.63, 3.8) is 0 Å². The molecule has 0 aromatic carbocycles. The van der Waals surface area contributed by atoms with Gasteiger partial charge in [0.2, 0.25) is 0 Å². The van der Waals surface area contributed by atoms with Gasteiger partial charge in [-0.1, -0.05) is 0 Å². The van der Waals surface area contributed by atoms with Gasteiger partial charge in [0.25, 0.3) is 0 Å². The lowest BCUT2D eigenvalue weighted by molar-refractivity contribution is 0.591. The minimum absolute atomic E-state index is 0.212. The third-order valence-corrected chi connectivity index (χ3v) is 3.79. The van der Waals surface area contributed by atoms with Crippen LogP contribution in [0.1, 0.15) is 31.2 Å². The van der Waals surface area contributed by atoms with Crippen LogP contribution >= 0.6 is 11.6 Å². The fourth-order valence-electron chi connectivity index (χ4n) is 2.15. The van der Waals surface area contributed by atoms with E-state index in [1.54, 1.807) is 12.3 Å². The van der Waals surface area contributed by atoms with Crippen LogP contribution in [-0.4, -0.2) is 17.6 Å². The minimum atomic E-state index is -0.227. The molecule has 0 N–H and O–H groups in total. The highest BCUT2D eigenvalue weighted by Crippen LogP contribution is 2.38. The zero-order chi connectivity index (χ0) is 11.8. The maximum absolute atomic E-state index is 14.2. The topological polar surface area (TPSA) is 16.1 Å². The summed E-state index contributed by atoms with van der Waals surface area (Å²) in [6.07, 6.45) is 6.55. The Morgan fingerprint density at radius 2 is 2.12 bits per heavy atom. The van der Waals surface area contributed by atoms with Gasteiger partial charge in [-0.2, -0.15) is 0 Å². The molecule has 0 radical (unpaired) electrons. The lowest BCUT2D eigenvalue weighted by Crippen LogP contribution is -2.30. The Labute approximate surface area is 106 Å². The summed E-state index contributed by atoms with van der Waals surface area (Å²) in [4.78, 5) is 6.38. The summed E-state index contributed by atoms with van der Waals surface area (Å²) in [5.41, 5.74) is 0.554. The summed E-state index contributed by atoms with van der Waals surface area (Å²) in [6, 6.07) is 2.16. The highest BCUT2D eigenvalue weighted by molar-refractivity contribution is 6.17. The molecule has 0 atom stereocenters. The molecule has 1 aromatic rings. The number of hydrogen-bond acceptors (Lipinski definition) is 2. The van der Waals surface area contributed by atoms with Crippen molar-refractivity contribution in [3.8, 4) is 0 Å². The first-order valence-electron chi connectivity index (χ1n) is 6.25. The van der Waals surface area contributed by atoms with Gasteiger partial charge in [0.1, 0.15) is 0 Å². The van der Waals surface area contributed by atoms with E-state index in [0.29, 0.717) is 17.4 Å². The summed E-state index contributed by atoms with van der Waals surface area (Å²) in [5, 5.41) is 0. The Bertz CT molecular complexity index is 416. The molecule has 2 fully saturated rings. The Kier molecular flexibility index (Phi) is 2.95. The molecule has 17 heavy (non-hydrogen) atoms. The maximum atomic E-state index is 14.2. The number of halogens is 2. The Hall–Kier alpha value is -0.830. The average molecular weight is 255 g/mol. The van der Waals surface area contributed by atoms with Crippen LogP contribution in [0.15, 0.2) is 12.3 Å². The molecule has 1 heterocycles. The van der Waals surface area contributed by atoms with E-state index in [4.69, 9.17) is 11.6 Å². The summed E-state index contributed by atoms with van der Waals surface area (Å²) in [5.74, 6) is 1.24. The molecule has 0 spiro atoms. The van der Waals surface area contributed by atoms with E-state index in [-0.39, 0.29) is 11.7 Å². The van der Waals surface area contributed by atoms with Crippen molar-refractivity contribution in [1.82, 2.24) is 4.98 Å². The number of pyridine rings is 1. The van der Waals surface area contributed by atoms with E-state index in [9.17, 15) is 4.39 Å². The average Bonchev–Trinajstić information content (AvgIpc) is 3.19. The van der Waals surface area contributed by atoms with Crippen LogP contribution in [0.25, 0.3) is 0 Å². The molecule has 2 saturated carbocycles. The van der Waals surface area contributed by atoms with E-state index >= 15 is 0 Å². The van der Waals surface area contributed by atoms with E-state index in [1.807, 2.05) is 0 Å². The molecule has 92 valence electrons. The molecule has 0 unspecified atom stereocenters. The highest BCUT2D eigenvalue weighted by Gasteiger charge is 2.35. The molecule has 2 aliphatic rings. The van der Waals surface area contributed by atoms with Crippen LogP contribution in [0.3, 0.4) is 0 Å². The fraction of sp³-hybridized carbons (Fsp3) is 0.615. The molecule has 0 saturated heterocycles. The number of alkyl halides is 1. The van der Waals surface area contributed by atoms with E-state index in [2.05, 4.69) is 9.88 Å². The van der Waals surface area contributed by atoms with Crippen LogP contribution in [-0.2, 0) is 5.88 Å². The quantitative estimate of drug-likeness (QED) is 0.750. The largest absolute Gasteiger partial charge is 0.351 e. The molecule has 0 aliphatic heterocycles. The normalized spacial score (nSPS) is 19.4. The number of rotatable bonds is 5. The number of anilines is 1. The third kappa shape index (κ3) is 2.39. The van der Waals surface area contributed by atoms with Gasteiger partial charge in [-0.15, -0.1) is 11.6 Å². The molecular weight excluding hydrogens is 239 g/mol. The van der Waals surface area contributed by atoms with E-state index in [0.717, 1.165) is 12.5 Å². The molecule has 4 heteroatoms. The van der Waals surface area contributed by atoms with Crippen molar-refractivity contribution >= 4 is 17.4 Å². The first-order valence-corrected chi connectivity index (χ1v) is 6.79. The van der Waals surface area contributed by atoms with Crippen LogP contribution in [0.4, 0.5) is 10.2 Å². The van der Waals surface area contributed by atoms with Crippen LogP contribution in [0.5, 0.6) is 0 Å². The second-order valence-electron chi connectivity index (χ2n) is 5.07. The van der Waals surface area contributed by atoms with Crippen molar-refractivity contribution in [2.24, 2.45) is 5.92 Å². The zero-order valence-corrected chi connectivity index (χ0v) is 10.5. The minimum Gasteiger partial charge on any atom is -0.351 e. The molecule has 2 aliphatic carbocycles. The Morgan fingerprint density at radius 1 is 1.35 bits per heavy atom. The fourth-order valence-corrected chi connectivity index (χ4v) is 2.35. The zero-order valence-electron chi connectivity index (χ0n) is 9.70. The molecule has 0 amide bonds. The molecular formula is C13H16ClFN2. The predicted molar refractivity (Wildman–Crippen MR) is 66.8 cm³/mol. The van der Waals surface area contributed by atoms with Crippen molar-refractivity contribution in [3.05, 3.63) is 23.6 Å². The maximum Gasteiger partial charge on any atom is 0.170 e. The molecule has 1 aromatic heterocycles. The molecule has 0 bridgehead atoms. The van der Waals surface area contributed by atoms with Gasteiger partial charge in [0, 0.05) is 24.3 Å². The lowest BCUT2D eigenvalue weighted by Gasteiger charge is -2.24. The summed E-state index contributed by atoms with van der Waals surface area (Å²) in [7, 11) is 0. The smallest absolute Gasteiger partial charge is 0.170 e. The van der Waals surface area contributed by atoms with Gasteiger partial charge in [-0.05, 0) is 37.7 Å². The summed E-state index contributed by atoms with van der Waals surface area (Å²) >= 11 is 5.74. The standard InChI is InChI=1S/C13H16ClFN2/c14-7-10-5-6-16-13(12(10)15)17(11-3-4-11)8-9-1-2-9/h5-6,9,11H,1-4,7-8H2. The van der Waals surface area contributed by atoms with Crippen molar-refractivity contribution in [2.45, 2.75) is 37.6 Å². The first-order chi connectivity index (χ1) is 8.29. The Balaban J connectivity index is 1.88. The SMILES string of the molecule is Fc1c(CCl)ccnc1N(CC1CC1)C1CC1. The van der Waals surface area contributed by atoms with Crippen LogP contribution in [0, 0.1) is 11.7 Å². The van der Waals surface area contributed by atoms with Crippen molar-refractivity contribution in [2.75, 3.05) is 11.4 Å². The van der Waals surface area contributed by atoms with Crippen molar-refractivity contribution in [1.29, 1.82) is 0 Å². The predicted octanol–water partition coefficient (Wildman–Crippen LogP) is 3.34. The van der Waals surface area contributed by atoms with Gasteiger partial charge in [0.05, 0.1) is 5.88 Å². The monoisotopic (exact) mass is 254 g/mol. The van der Waals surface area contributed by atoms with Crippen molar-refractivity contribution < 1.29 is 4.39 Å². The van der Waals surface area contributed by atoms with Gasteiger partial charge in [-0.25, -0.2) is 9.37 Å². The number of aromatic nitrogens is 1. The third-order valence-electron chi connectivity index (χ3n) is 3.51. The highest BCUT2D eigenvalue weighted by atomic mass is 35.5.